The van der Waals surface area contributed by atoms with Crippen LogP contribution in [0.2, 0.25) is 0 Å². The number of nitrogens with zero attached hydrogens (tertiary/aromatic N) is 1. The molecule has 1 fully saturated rings. The van der Waals surface area contributed by atoms with Gasteiger partial charge >= 0.3 is 0 Å². The molecule has 0 unspecified atom stereocenters. The SMILES string of the molecule is CC.CC.CC.CC.c1ccc2c(CN3CCC(c4c[nH]c5ccccc45)CC3)c[nH]c2c1. The number of rotatable bonds is 3. The van der Waals surface area contributed by atoms with Crippen molar-refractivity contribution in [1.82, 2.24) is 14.9 Å². The lowest BCUT2D eigenvalue weighted by molar-refractivity contribution is 0.206. The van der Waals surface area contributed by atoms with E-state index in [0.29, 0.717) is 5.92 Å². The molecule has 3 nitrogen and oxygen atoms in total. The molecule has 2 N–H and O–H groups in total. The summed E-state index contributed by atoms with van der Waals surface area (Å²) in [7, 11) is 0. The number of H-pyrrole nitrogens is 2. The number of para-hydroxylation sites is 2. The second-order valence-electron chi connectivity index (χ2n) is 7.20. The molecule has 2 aromatic heterocycles. The average Bonchev–Trinajstić information content (AvgIpc) is 3.54. The molecule has 0 atom stereocenters. The Morgan fingerprint density at radius 3 is 1.76 bits per heavy atom. The topological polar surface area (TPSA) is 34.8 Å². The molecule has 1 saturated heterocycles. The van der Waals surface area contributed by atoms with Crippen LogP contribution in [0.3, 0.4) is 0 Å². The lowest BCUT2D eigenvalue weighted by Gasteiger charge is -2.31. The van der Waals surface area contributed by atoms with Gasteiger partial charge in [0.25, 0.3) is 0 Å². The number of aromatic amines is 2. The van der Waals surface area contributed by atoms with Crippen LogP contribution in [0.5, 0.6) is 0 Å². The molecule has 0 amide bonds. The van der Waals surface area contributed by atoms with Crippen molar-refractivity contribution in [2.75, 3.05) is 13.1 Å². The fourth-order valence-corrected chi connectivity index (χ4v) is 4.34. The standard InChI is InChI=1S/C22H23N3.4C2H6/c1-3-7-21-18(5-1)17(13-23-21)15-25-11-9-16(10-12-25)20-14-24-22-8-4-2-6-19(20)22;4*1-2/h1-8,13-14,16,23-24H,9-12,15H2;4*1-2H3. The molecule has 0 aliphatic carbocycles. The Morgan fingerprint density at radius 2 is 1.15 bits per heavy atom. The summed E-state index contributed by atoms with van der Waals surface area (Å²) in [6.45, 7) is 19.4. The van der Waals surface area contributed by atoms with Gasteiger partial charge in [0.15, 0.2) is 0 Å². The van der Waals surface area contributed by atoms with Gasteiger partial charge < -0.3 is 9.97 Å². The van der Waals surface area contributed by atoms with E-state index in [1.165, 1.54) is 58.9 Å². The number of hydrogen-bond donors (Lipinski definition) is 2. The summed E-state index contributed by atoms with van der Waals surface area (Å²) in [5, 5.41) is 2.76. The highest BCUT2D eigenvalue weighted by molar-refractivity contribution is 5.84. The predicted octanol–water partition coefficient (Wildman–Crippen LogP) is 9.13. The summed E-state index contributed by atoms with van der Waals surface area (Å²) in [6, 6.07) is 17.3. The van der Waals surface area contributed by atoms with Gasteiger partial charge in [0.2, 0.25) is 0 Å². The molecule has 1 aliphatic rings. The molecule has 0 saturated carbocycles. The van der Waals surface area contributed by atoms with Gasteiger partial charge in [-0.05, 0) is 55.1 Å². The van der Waals surface area contributed by atoms with Crippen molar-refractivity contribution in [3.63, 3.8) is 0 Å². The van der Waals surface area contributed by atoms with Gasteiger partial charge in [-0.2, -0.15) is 0 Å². The Hall–Kier alpha value is -2.52. The smallest absolute Gasteiger partial charge is 0.0457 e. The first-order valence-corrected chi connectivity index (χ1v) is 13.2. The molecule has 182 valence electrons. The van der Waals surface area contributed by atoms with Crippen molar-refractivity contribution in [3.8, 4) is 0 Å². The van der Waals surface area contributed by atoms with Gasteiger partial charge in [0.1, 0.15) is 0 Å². The predicted molar refractivity (Wildman–Crippen MR) is 149 cm³/mol. The zero-order valence-electron chi connectivity index (χ0n) is 22.3. The average molecular weight is 450 g/mol. The summed E-state index contributed by atoms with van der Waals surface area (Å²) in [4.78, 5) is 9.43. The van der Waals surface area contributed by atoms with Crippen LogP contribution in [-0.4, -0.2) is 28.0 Å². The van der Waals surface area contributed by atoms with E-state index in [4.69, 9.17) is 0 Å². The van der Waals surface area contributed by atoms with E-state index in [1.807, 2.05) is 55.4 Å². The fourth-order valence-electron chi connectivity index (χ4n) is 4.34. The van der Waals surface area contributed by atoms with E-state index in [2.05, 4.69) is 75.8 Å². The van der Waals surface area contributed by atoms with Crippen molar-refractivity contribution >= 4 is 21.8 Å². The van der Waals surface area contributed by atoms with Crippen molar-refractivity contribution in [3.05, 3.63) is 72.1 Å². The summed E-state index contributed by atoms with van der Waals surface area (Å²) in [5.74, 6) is 0.676. The lowest BCUT2D eigenvalue weighted by atomic mass is 9.89. The van der Waals surface area contributed by atoms with E-state index < -0.39 is 0 Å². The highest BCUT2D eigenvalue weighted by Crippen LogP contribution is 2.33. The first-order chi connectivity index (χ1) is 16.4. The second kappa shape index (κ2) is 16.1. The Labute approximate surface area is 202 Å². The Morgan fingerprint density at radius 1 is 0.667 bits per heavy atom. The molecule has 3 heterocycles. The van der Waals surface area contributed by atoms with Gasteiger partial charge in [-0.1, -0.05) is 91.8 Å². The van der Waals surface area contributed by atoms with Crippen LogP contribution in [0.25, 0.3) is 21.8 Å². The van der Waals surface area contributed by atoms with E-state index in [0.717, 1.165) is 6.54 Å². The fraction of sp³-hybridized carbons (Fsp3) is 0.467. The molecule has 3 heteroatoms. The third-order valence-corrected chi connectivity index (χ3v) is 5.72. The Bertz CT molecular complexity index is 1000. The lowest BCUT2D eigenvalue weighted by Crippen LogP contribution is -2.32. The molecular formula is C30H47N3. The molecular weight excluding hydrogens is 402 g/mol. The largest absolute Gasteiger partial charge is 0.361 e. The van der Waals surface area contributed by atoms with Crippen LogP contribution in [0.15, 0.2) is 60.9 Å². The molecule has 0 spiro atoms. The summed E-state index contributed by atoms with van der Waals surface area (Å²) in [5.41, 5.74) is 5.42. The van der Waals surface area contributed by atoms with E-state index in [9.17, 15) is 0 Å². The molecule has 2 aromatic carbocycles. The van der Waals surface area contributed by atoms with Gasteiger partial charge in [-0.15, -0.1) is 0 Å². The third kappa shape index (κ3) is 7.23. The molecule has 33 heavy (non-hydrogen) atoms. The highest BCUT2D eigenvalue weighted by atomic mass is 15.1. The van der Waals surface area contributed by atoms with Crippen molar-refractivity contribution in [1.29, 1.82) is 0 Å². The van der Waals surface area contributed by atoms with Gasteiger partial charge in [0.05, 0.1) is 0 Å². The maximum absolute atomic E-state index is 3.44. The van der Waals surface area contributed by atoms with Crippen molar-refractivity contribution in [2.24, 2.45) is 0 Å². The van der Waals surface area contributed by atoms with Gasteiger partial charge in [-0.3, -0.25) is 4.90 Å². The molecule has 1 aliphatic heterocycles. The minimum atomic E-state index is 0.676. The number of benzene rings is 2. The zero-order valence-corrected chi connectivity index (χ0v) is 22.3. The molecule has 0 bridgehead atoms. The van der Waals surface area contributed by atoms with E-state index >= 15 is 0 Å². The molecule has 0 radical (unpaired) electrons. The Kier molecular flexibility index (Phi) is 14.0. The first kappa shape index (κ1) is 28.5. The third-order valence-electron chi connectivity index (χ3n) is 5.72. The van der Waals surface area contributed by atoms with E-state index in [-0.39, 0.29) is 0 Å². The second-order valence-corrected chi connectivity index (χ2v) is 7.20. The quantitative estimate of drug-likeness (QED) is 0.321. The number of fused-ring (bicyclic) bond motifs is 2. The summed E-state index contributed by atoms with van der Waals surface area (Å²) in [6.07, 6.45) is 6.88. The van der Waals surface area contributed by atoms with Crippen LogP contribution < -0.4 is 0 Å². The number of hydrogen-bond acceptors (Lipinski definition) is 1. The zero-order chi connectivity index (χ0) is 24.6. The number of likely N-dealkylation sites (tertiary alicyclic amines) is 1. The van der Waals surface area contributed by atoms with E-state index in [1.54, 1.807) is 0 Å². The van der Waals surface area contributed by atoms with Gasteiger partial charge in [0, 0.05) is 40.7 Å². The highest BCUT2D eigenvalue weighted by Gasteiger charge is 2.23. The van der Waals surface area contributed by atoms with Crippen LogP contribution in [-0.2, 0) is 6.54 Å². The van der Waals surface area contributed by atoms with Crippen LogP contribution in [0.1, 0.15) is 85.3 Å². The monoisotopic (exact) mass is 449 g/mol. The first-order valence-electron chi connectivity index (χ1n) is 13.2. The molecule has 5 rings (SSSR count). The summed E-state index contributed by atoms with van der Waals surface area (Å²) >= 11 is 0. The molecule has 4 aromatic rings. The maximum Gasteiger partial charge on any atom is 0.0457 e. The van der Waals surface area contributed by atoms with Crippen LogP contribution in [0, 0.1) is 0 Å². The maximum atomic E-state index is 3.44. The minimum absolute atomic E-state index is 0.676. The van der Waals surface area contributed by atoms with Crippen molar-refractivity contribution in [2.45, 2.75) is 80.7 Å². The number of aromatic nitrogens is 2. The summed E-state index contributed by atoms with van der Waals surface area (Å²) < 4.78 is 0. The normalized spacial score (nSPS) is 13.5. The van der Waals surface area contributed by atoms with Crippen molar-refractivity contribution < 1.29 is 0 Å². The van der Waals surface area contributed by atoms with Crippen LogP contribution >= 0.6 is 0 Å². The number of piperidine rings is 1. The Balaban J connectivity index is 0.000000619. The van der Waals surface area contributed by atoms with Crippen LogP contribution in [0.4, 0.5) is 0 Å². The van der Waals surface area contributed by atoms with Gasteiger partial charge in [-0.25, -0.2) is 0 Å². The number of nitrogens with one attached hydrogen (secondary N) is 2. The minimum Gasteiger partial charge on any atom is -0.361 e.